The largest absolute Gasteiger partial charge is 0.330 e. The lowest BCUT2D eigenvalue weighted by Crippen LogP contribution is -2.05. The van der Waals surface area contributed by atoms with E-state index in [4.69, 9.17) is 5.73 Å². The number of nitrogens with zero attached hydrogens (tertiary/aromatic N) is 2. The summed E-state index contributed by atoms with van der Waals surface area (Å²) in [6.07, 6.45) is 5.37. The number of hydrogen-bond donors (Lipinski definition) is 2. The van der Waals surface area contributed by atoms with Crippen molar-refractivity contribution in [2.75, 3.05) is 6.54 Å². The summed E-state index contributed by atoms with van der Waals surface area (Å²) >= 11 is 1.66. The molecule has 0 bridgehead atoms. The minimum atomic E-state index is 0.646. The molecule has 74 valence electrons. The van der Waals surface area contributed by atoms with Crippen molar-refractivity contribution >= 4 is 11.3 Å². The number of nitrogens with one attached hydrogen (secondary N) is 1. The molecule has 0 saturated carbocycles. The van der Waals surface area contributed by atoms with Crippen molar-refractivity contribution in [2.24, 2.45) is 5.73 Å². The van der Waals surface area contributed by atoms with Gasteiger partial charge in [-0.1, -0.05) is 0 Å². The van der Waals surface area contributed by atoms with E-state index < -0.39 is 0 Å². The third kappa shape index (κ3) is 2.00. The Balaban J connectivity index is 2.12. The average molecular weight is 208 g/mol. The van der Waals surface area contributed by atoms with Gasteiger partial charge in [0.1, 0.15) is 0 Å². The Morgan fingerprint density at radius 1 is 1.50 bits per heavy atom. The van der Waals surface area contributed by atoms with E-state index in [2.05, 4.69) is 15.2 Å². The highest BCUT2D eigenvalue weighted by Crippen LogP contribution is 2.13. The van der Waals surface area contributed by atoms with E-state index >= 15 is 0 Å². The SMILES string of the molecule is NCCc1[nH]ncc1Cc1nccs1. The van der Waals surface area contributed by atoms with Gasteiger partial charge in [0, 0.05) is 30.1 Å². The maximum Gasteiger partial charge on any atom is 0.0970 e. The number of aromatic amines is 1. The van der Waals surface area contributed by atoms with E-state index in [1.807, 2.05) is 17.8 Å². The molecule has 4 nitrogen and oxygen atoms in total. The number of aromatic nitrogens is 3. The zero-order valence-electron chi connectivity index (χ0n) is 7.73. The lowest BCUT2D eigenvalue weighted by Gasteiger charge is -1.98. The fraction of sp³-hybridized carbons (Fsp3) is 0.333. The Morgan fingerprint density at radius 2 is 2.43 bits per heavy atom. The van der Waals surface area contributed by atoms with Crippen molar-refractivity contribution in [2.45, 2.75) is 12.8 Å². The van der Waals surface area contributed by atoms with Crippen LogP contribution in [0.5, 0.6) is 0 Å². The molecule has 2 aromatic rings. The van der Waals surface area contributed by atoms with Gasteiger partial charge in [0.2, 0.25) is 0 Å². The van der Waals surface area contributed by atoms with Crippen molar-refractivity contribution in [1.82, 2.24) is 15.2 Å². The highest BCUT2D eigenvalue weighted by molar-refractivity contribution is 7.09. The van der Waals surface area contributed by atoms with Gasteiger partial charge < -0.3 is 5.73 Å². The van der Waals surface area contributed by atoms with Gasteiger partial charge in [-0.2, -0.15) is 5.10 Å². The molecule has 0 spiro atoms. The van der Waals surface area contributed by atoms with Crippen LogP contribution in [0.25, 0.3) is 0 Å². The molecule has 3 N–H and O–H groups in total. The monoisotopic (exact) mass is 208 g/mol. The smallest absolute Gasteiger partial charge is 0.0970 e. The molecule has 0 saturated heterocycles. The zero-order valence-corrected chi connectivity index (χ0v) is 8.55. The summed E-state index contributed by atoms with van der Waals surface area (Å²) in [5, 5.41) is 10.1. The third-order valence-corrected chi connectivity index (χ3v) is 2.81. The van der Waals surface area contributed by atoms with E-state index in [1.54, 1.807) is 11.3 Å². The van der Waals surface area contributed by atoms with Crippen LogP contribution in [0, 0.1) is 0 Å². The van der Waals surface area contributed by atoms with Crippen LogP contribution in [0.15, 0.2) is 17.8 Å². The Hall–Kier alpha value is -1.20. The molecule has 0 radical (unpaired) electrons. The van der Waals surface area contributed by atoms with Crippen LogP contribution in [-0.4, -0.2) is 21.7 Å². The molecule has 0 aromatic carbocycles. The van der Waals surface area contributed by atoms with Crippen LogP contribution in [0.3, 0.4) is 0 Å². The molecule has 0 amide bonds. The molecule has 0 aliphatic carbocycles. The quantitative estimate of drug-likeness (QED) is 0.786. The van der Waals surface area contributed by atoms with Crippen molar-refractivity contribution in [1.29, 1.82) is 0 Å². The lowest BCUT2D eigenvalue weighted by molar-refractivity contribution is 0.889. The normalized spacial score (nSPS) is 10.6. The standard InChI is InChI=1S/C9H12N4S/c10-2-1-8-7(6-12-13-8)5-9-11-3-4-14-9/h3-4,6H,1-2,5,10H2,(H,12,13). The van der Waals surface area contributed by atoms with E-state index in [0.717, 1.165) is 23.5 Å². The van der Waals surface area contributed by atoms with Crippen LogP contribution >= 0.6 is 11.3 Å². The minimum Gasteiger partial charge on any atom is -0.330 e. The minimum absolute atomic E-state index is 0.646. The van der Waals surface area contributed by atoms with E-state index in [1.165, 1.54) is 5.56 Å². The Kier molecular flexibility index (Phi) is 2.90. The zero-order chi connectivity index (χ0) is 9.80. The lowest BCUT2D eigenvalue weighted by atomic mass is 10.1. The van der Waals surface area contributed by atoms with Crippen molar-refractivity contribution < 1.29 is 0 Å². The van der Waals surface area contributed by atoms with E-state index in [-0.39, 0.29) is 0 Å². The predicted octanol–water partition coefficient (Wildman–Crippen LogP) is 0.958. The first-order valence-electron chi connectivity index (χ1n) is 4.49. The maximum absolute atomic E-state index is 5.50. The van der Waals surface area contributed by atoms with Crippen molar-refractivity contribution in [3.63, 3.8) is 0 Å². The predicted molar refractivity (Wildman–Crippen MR) is 56.3 cm³/mol. The van der Waals surface area contributed by atoms with E-state index in [0.29, 0.717) is 6.54 Å². The van der Waals surface area contributed by atoms with Crippen LogP contribution in [0.4, 0.5) is 0 Å². The van der Waals surface area contributed by atoms with Crippen LogP contribution < -0.4 is 5.73 Å². The summed E-state index contributed by atoms with van der Waals surface area (Å²) in [6.45, 7) is 0.646. The second-order valence-electron chi connectivity index (χ2n) is 3.02. The van der Waals surface area contributed by atoms with Gasteiger partial charge in [-0.25, -0.2) is 4.98 Å². The molecule has 0 aliphatic heterocycles. The topological polar surface area (TPSA) is 67.6 Å². The molecular formula is C9H12N4S. The molecule has 2 heterocycles. The second kappa shape index (κ2) is 4.34. The van der Waals surface area contributed by atoms with Crippen molar-refractivity contribution in [3.8, 4) is 0 Å². The highest BCUT2D eigenvalue weighted by Gasteiger charge is 2.06. The van der Waals surface area contributed by atoms with Gasteiger partial charge in [0.15, 0.2) is 0 Å². The molecule has 0 fully saturated rings. The Bertz CT molecular complexity index is 379. The number of hydrogen-bond acceptors (Lipinski definition) is 4. The summed E-state index contributed by atoms with van der Waals surface area (Å²) in [5.74, 6) is 0. The molecule has 14 heavy (non-hydrogen) atoms. The molecule has 0 unspecified atom stereocenters. The molecule has 5 heteroatoms. The number of rotatable bonds is 4. The van der Waals surface area contributed by atoms with Gasteiger partial charge in [-0.05, 0) is 12.1 Å². The molecule has 0 aliphatic rings. The molecule has 2 aromatic heterocycles. The summed E-state index contributed by atoms with van der Waals surface area (Å²) in [7, 11) is 0. The summed E-state index contributed by atoms with van der Waals surface area (Å²) in [4.78, 5) is 4.24. The maximum atomic E-state index is 5.50. The van der Waals surface area contributed by atoms with Gasteiger partial charge in [-0.3, -0.25) is 5.10 Å². The first kappa shape index (κ1) is 9.36. The summed E-state index contributed by atoms with van der Waals surface area (Å²) in [6, 6.07) is 0. The van der Waals surface area contributed by atoms with Gasteiger partial charge in [0.25, 0.3) is 0 Å². The first-order chi connectivity index (χ1) is 6.90. The number of nitrogens with two attached hydrogens (primary N) is 1. The first-order valence-corrected chi connectivity index (χ1v) is 5.37. The van der Waals surface area contributed by atoms with Crippen LogP contribution in [0.1, 0.15) is 16.3 Å². The summed E-state index contributed by atoms with van der Waals surface area (Å²) in [5.41, 5.74) is 7.83. The van der Waals surface area contributed by atoms with Crippen LogP contribution in [-0.2, 0) is 12.8 Å². The van der Waals surface area contributed by atoms with Gasteiger partial charge >= 0.3 is 0 Å². The Labute approximate surface area is 86.2 Å². The van der Waals surface area contributed by atoms with E-state index in [9.17, 15) is 0 Å². The second-order valence-corrected chi connectivity index (χ2v) is 3.99. The molecule has 0 atom stereocenters. The van der Waals surface area contributed by atoms with Gasteiger partial charge in [-0.15, -0.1) is 11.3 Å². The fourth-order valence-corrected chi connectivity index (χ4v) is 1.99. The Morgan fingerprint density at radius 3 is 3.14 bits per heavy atom. The van der Waals surface area contributed by atoms with Crippen molar-refractivity contribution in [3.05, 3.63) is 34.0 Å². The average Bonchev–Trinajstić information content (AvgIpc) is 2.80. The number of H-pyrrole nitrogens is 1. The molecule has 2 rings (SSSR count). The number of thiazole rings is 1. The van der Waals surface area contributed by atoms with Gasteiger partial charge in [0.05, 0.1) is 11.2 Å². The van der Waals surface area contributed by atoms with Crippen LogP contribution in [0.2, 0.25) is 0 Å². The highest BCUT2D eigenvalue weighted by atomic mass is 32.1. The fourth-order valence-electron chi connectivity index (χ4n) is 1.35. The molecular weight excluding hydrogens is 196 g/mol. The third-order valence-electron chi connectivity index (χ3n) is 2.03. The summed E-state index contributed by atoms with van der Waals surface area (Å²) < 4.78 is 0.